The van der Waals surface area contributed by atoms with Gasteiger partial charge in [-0.15, -0.1) is 0 Å². The number of hydrogen-bond donors (Lipinski definition) is 0. The molecule has 2 fully saturated rings. The number of likely N-dealkylation sites (tertiary alicyclic amines) is 1. The van der Waals surface area contributed by atoms with Crippen molar-refractivity contribution in [1.29, 1.82) is 0 Å². The van der Waals surface area contributed by atoms with Crippen LogP contribution >= 0.6 is 0 Å². The summed E-state index contributed by atoms with van der Waals surface area (Å²) >= 11 is 0. The van der Waals surface area contributed by atoms with E-state index in [0.29, 0.717) is 12.5 Å². The molecule has 6 heteroatoms. The van der Waals surface area contributed by atoms with Crippen LogP contribution in [0.3, 0.4) is 0 Å². The van der Waals surface area contributed by atoms with Crippen LogP contribution in [0.15, 0.2) is 0 Å². The zero-order valence-electron chi connectivity index (χ0n) is 13.9. The number of hydrogen-bond acceptors (Lipinski definition) is 4. The monoisotopic (exact) mass is 310 g/mol. The van der Waals surface area contributed by atoms with Crippen molar-refractivity contribution < 1.29 is 19.1 Å². The molecule has 2 aliphatic rings. The molecule has 1 aliphatic carbocycles. The second-order valence-electron chi connectivity index (χ2n) is 7.42. The summed E-state index contributed by atoms with van der Waals surface area (Å²) in [7, 11) is 1.58. The maximum absolute atomic E-state index is 12.4. The molecular weight excluding hydrogens is 284 g/mol. The van der Waals surface area contributed by atoms with Crippen molar-refractivity contribution in [3.05, 3.63) is 0 Å². The molecule has 22 heavy (non-hydrogen) atoms. The van der Waals surface area contributed by atoms with Gasteiger partial charge in [-0.25, -0.2) is 0 Å². The average Bonchev–Trinajstić information content (AvgIpc) is 3.10. The average molecular weight is 310 g/mol. The maximum atomic E-state index is 12.4. The number of amides is 2. The van der Waals surface area contributed by atoms with Gasteiger partial charge in [0.25, 0.3) is 0 Å². The van der Waals surface area contributed by atoms with Gasteiger partial charge < -0.3 is 14.5 Å². The van der Waals surface area contributed by atoms with Crippen molar-refractivity contribution in [1.82, 2.24) is 9.80 Å². The summed E-state index contributed by atoms with van der Waals surface area (Å²) in [6.45, 7) is 6.54. The van der Waals surface area contributed by atoms with E-state index in [1.807, 2.05) is 0 Å². The van der Waals surface area contributed by atoms with Crippen molar-refractivity contribution in [2.45, 2.75) is 45.6 Å². The van der Waals surface area contributed by atoms with Gasteiger partial charge in [0.05, 0.1) is 5.92 Å². The number of likely N-dealkylation sites (N-methyl/N-ethyl adjacent to an activating group) is 1. The predicted molar refractivity (Wildman–Crippen MR) is 80.9 cm³/mol. The molecule has 0 aromatic heterocycles. The Morgan fingerprint density at radius 1 is 1.32 bits per heavy atom. The first-order valence-electron chi connectivity index (χ1n) is 7.90. The molecule has 1 saturated carbocycles. The Bertz CT molecular complexity index is 465. The molecule has 0 aromatic rings. The molecule has 1 saturated heterocycles. The molecular formula is C16H26N2O4. The summed E-state index contributed by atoms with van der Waals surface area (Å²) in [4.78, 5) is 39.3. The highest BCUT2D eigenvalue weighted by atomic mass is 16.6. The lowest BCUT2D eigenvalue weighted by Crippen LogP contribution is -2.40. The van der Waals surface area contributed by atoms with Crippen molar-refractivity contribution >= 4 is 17.8 Å². The van der Waals surface area contributed by atoms with Crippen LogP contribution in [0.5, 0.6) is 0 Å². The van der Waals surface area contributed by atoms with Gasteiger partial charge in [0, 0.05) is 26.6 Å². The zero-order valence-corrected chi connectivity index (χ0v) is 13.9. The van der Waals surface area contributed by atoms with Crippen LogP contribution in [0.4, 0.5) is 0 Å². The molecule has 1 atom stereocenters. The third-order valence-corrected chi connectivity index (χ3v) is 3.90. The van der Waals surface area contributed by atoms with E-state index in [-0.39, 0.29) is 30.7 Å². The molecule has 6 nitrogen and oxygen atoms in total. The lowest BCUT2D eigenvalue weighted by Gasteiger charge is -2.24. The van der Waals surface area contributed by atoms with E-state index in [9.17, 15) is 14.4 Å². The van der Waals surface area contributed by atoms with Crippen molar-refractivity contribution in [2.75, 3.05) is 26.7 Å². The van der Waals surface area contributed by atoms with Crippen LogP contribution in [-0.4, -0.2) is 59.9 Å². The van der Waals surface area contributed by atoms with Crippen LogP contribution in [0, 0.1) is 11.8 Å². The van der Waals surface area contributed by atoms with Crippen molar-refractivity contribution in [2.24, 2.45) is 11.8 Å². The second-order valence-corrected chi connectivity index (χ2v) is 7.42. The highest BCUT2D eigenvalue weighted by molar-refractivity contribution is 5.90. The Morgan fingerprint density at radius 2 is 1.95 bits per heavy atom. The van der Waals surface area contributed by atoms with Gasteiger partial charge in [0.15, 0.2) is 0 Å². The van der Waals surface area contributed by atoms with E-state index in [1.54, 1.807) is 32.7 Å². The summed E-state index contributed by atoms with van der Waals surface area (Å²) in [5.74, 6) is -0.244. The Labute approximate surface area is 131 Å². The zero-order chi connectivity index (χ0) is 16.5. The molecule has 0 spiro atoms. The minimum absolute atomic E-state index is 0.0518. The Balaban J connectivity index is 1.82. The van der Waals surface area contributed by atoms with Crippen LogP contribution in [0.2, 0.25) is 0 Å². The first-order valence-corrected chi connectivity index (χ1v) is 7.90. The smallest absolute Gasteiger partial charge is 0.326 e. The van der Waals surface area contributed by atoms with Gasteiger partial charge in [-0.1, -0.05) is 0 Å². The van der Waals surface area contributed by atoms with E-state index >= 15 is 0 Å². The van der Waals surface area contributed by atoms with Gasteiger partial charge in [-0.3, -0.25) is 14.4 Å². The summed E-state index contributed by atoms with van der Waals surface area (Å²) in [6, 6.07) is 0. The minimum atomic E-state index is -0.564. The van der Waals surface area contributed by atoms with E-state index in [0.717, 1.165) is 6.54 Å². The van der Waals surface area contributed by atoms with Gasteiger partial charge in [-0.2, -0.15) is 0 Å². The quantitative estimate of drug-likeness (QED) is 0.712. The molecule has 1 aliphatic heterocycles. The van der Waals surface area contributed by atoms with Gasteiger partial charge in [-0.05, 0) is 39.5 Å². The van der Waals surface area contributed by atoms with Gasteiger partial charge >= 0.3 is 5.97 Å². The number of esters is 1. The molecule has 124 valence electrons. The Kier molecular flexibility index (Phi) is 4.78. The van der Waals surface area contributed by atoms with Crippen molar-refractivity contribution in [3.63, 3.8) is 0 Å². The molecule has 0 aromatic carbocycles. The Hall–Kier alpha value is -1.59. The first-order chi connectivity index (χ1) is 10.2. The van der Waals surface area contributed by atoms with Gasteiger partial charge in [0.1, 0.15) is 12.1 Å². The lowest BCUT2D eigenvalue weighted by molar-refractivity contribution is -0.158. The number of nitrogens with zero attached hydrogens (tertiary/aromatic N) is 2. The van der Waals surface area contributed by atoms with E-state index < -0.39 is 11.6 Å². The highest BCUT2D eigenvalue weighted by Gasteiger charge is 2.38. The lowest BCUT2D eigenvalue weighted by atomic mass is 10.1. The number of carbonyl (C=O) groups excluding carboxylic acids is 3. The first kappa shape index (κ1) is 16.8. The SMILES string of the molecule is CN(CC(=O)OC(C)(C)C)C(=O)C1CC(=O)N(CC2CC2)C1. The van der Waals surface area contributed by atoms with Gasteiger partial charge in [0.2, 0.25) is 11.8 Å². The maximum Gasteiger partial charge on any atom is 0.326 e. The number of rotatable bonds is 5. The molecule has 0 N–H and O–H groups in total. The third-order valence-electron chi connectivity index (χ3n) is 3.90. The van der Waals surface area contributed by atoms with Crippen molar-refractivity contribution in [3.8, 4) is 0 Å². The summed E-state index contributed by atoms with van der Waals surface area (Å²) in [6.07, 6.45) is 2.62. The number of ether oxygens (including phenoxy) is 1. The topological polar surface area (TPSA) is 66.9 Å². The molecule has 1 heterocycles. The van der Waals surface area contributed by atoms with E-state index in [4.69, 9.17) is 4.74 Å². The summed E-state index contributed by atoms with van der Waals surface area (Å²) in [5, 5.41) is 0. The van der Waals surface area contributed by atoms with Crippen LogP contribution in [-0.2, 0) is 19.1 Å². The second kappa shape index (κ2) is 6.26. The normalized spacial score (nSPS) is 21.9. The molecule has 0 bridgehead atoms. The molecule has 0 radical (unpaired) electrons. The summed E-state index contributed by atoms with van der Waals surface area (Å²) in [5.41, 5.74) is -0.564. The van der Waals surface area contributed by atoms with E-state index in [2.05, 4.69) is 0 Å². The molecule has 1 unspecified atom stereocenters. The van der Waals surface area contributed by atoms with Crippen LogP contribution in [0.1, 0.15) is 40.0 Å². The molecule has 2 rings (SSSR count). The number of carbonyl (C=O) groups is 3. The Morgan fingerprint density at radius 3 is 2.50 bits per heavy atom. The predicted octanol–water partition coefficient (Wildman–Crippen LogP) is 1.04. The fourth-order valence-electron chi connectivity index (χ4n) is 2.68. The third kappa shape index (κ3) is 4.71. The standard InChI is InChI=1S/C16H26N2O4/c1-16(2,3)22-14(20)10-17(4)15(21)12-7-13(19)18(9-12)8-11-5-6-11/h11-12H,5-10H2,1-4H3. The van der Waals surface area contributed by atoms with E-state index in [1.165, 1.54) is 17.7 Å². The summed E-state index contributed by atoms with van der Waals surface area (Å²) < 4.78 is 5.21. The largest absolute Gasteiger partial charge is 0.459 e. The fourth-order valence-corrected chi connectivity index (χ4v) is 2.68. The fraction of sp³-hybridized carbons (Fsp3) is 0.812. The van der Waals surface area contributed by atoms with Crippen LogP contribution in [0.25, 0.3) is 0 Å². The minimum Gasteiger partial charge on any atom is -0.459 e. The van der Waals surface area contributed by atoms with Crippen LogP contribution < -0.4 is 0 Å². The highest BCUT2D eigenvalue weighted by Crippen LogP contribution is 2.32. The molecule has 2 amide bonds.